The van der Waals surface area contributed by atoms with Crippen LogP contribution in [-0.2, 0) is 0 Å². The molecular formula is C21H20FN3O3. The van der Waals surface area contributed by atoms with Crippen LogP contribution in [0.2, 0.25) is 0 Å². The Hall–Kier alpha value is -3.61. The molecule has 2 N–H and O–H groups in total. The zero-order valence-corrected chi connectivity index (χ0v) is 15.3. The van der Waals surface area contributed by atoms with E-state index in [2.05, 4.69) is 15.6 Å². The number of carbonyl (C=O) groups is 1. The van der Waals surface area contributed by atoms with E-state index in [-0.39, 0.29) is 5.91 Å². The molecule has 0 bridgehead atoms. The number of anilines is 2. The van der Waals surface area contributed by atoms with Gasteiger partial charge >= 0.3 is 0 Å². The molecule has 0 aliphatic rings. The maximum Gasteiger partial charge on any atom is 0.257 e. The number of nitrogens with one attached hydrogen (secondary N) is 2. The van der Waals surface area contributed by atoms with E-state index in [4.69, 9.17) is 9.47 Å². The molecule has 1 heterocycles. The summed E-state index contributed by atoms with van der Waals surface area (Å²) < 4.78 is 24.0. The van der Waals surface area contributed by atoms with Crippen molar-refractivity contribution in [2.24, 2.45) is 0 Å². The van der Waals surface area contributed by atoms with Gasteiger partial charge in [-0.3, -0.25) is 9.78 Å². The van der Waals surface area contributed by atoms with Gasteiger partial charge in [-0.25, -0.2) is 4.39 Å². The Kier molecular flexibility index (Phi) is 6.41. The number of rotatable bonds is 8. The lowest BCUT2D eigenvalue weighted by Crippen LogP contribution is -2.14. The Labute approximate surface area is 162 Å². The molecule has 0 saturated heterocycles. The lowest BCUT2D eigenvalue weighted by Gasteiger charge is -2.10. The first-order valence-corrected chi connectivity index (χ1v) is 8.67. The third kappa shape index (κ3) is 5.44. The van der Waals surface area contributed by atoms with Gasteiger partial charge in [0.2, 0.25) is 0 Å². The molecule has 2 aromatic carbocycles. The molecule has 7 heteroatoms. The Morgan fingerprint density at radius 3 is 2.57 bits per heavy atom. The highest BCUT2D eigenvalue weighted by molar-refractivity contribution is 6.04. The van der Waals surface area contributed by atoms with Crippen LogP contribution in [0, 0.1) is 5.82 Å². The fourth-order valence-corrected chi connectivity index (χ4v) is 2.47. The molecule has 0 saturated carbocycles. The number of ether oxygens (including phenoxy) is 2. The van der Waals surface area contributed by atoms with Gasteiger partial charge in [-0.15, -0.1) is 0 Å². The van der Waals surface area contributed by atoms with Gasteiger partial charge in [-0.05, 0) is 48.5 Å². The zero-order valence-electron chi connectivity index (χ0n) is 15.3. The van der Waals surface area contributed by atoms with E-state index in [0.29, 0.717) is 30.1 Å². The first-order chi connectivity index (χ1) is 13.6. The van der Waals surface area contributed by atoms with Crippen LogP contribution < -0.4 is 20.1 Å². The number of hydrogen-bond acceptors (Lipinski definition) is 5. The lowest BCUT2D eigenvalue weighted by molar-refractivity contribution is 0.102. The largest absolute Gasteiger partial charge is 0.497 e. The molecule has 3 aromatic rings. The molecule has 28 heavy (non-hydrogen) atoms. The van der Waals surface area contributed by atoms with E-state index in [9.17, 15) is 9.18 Å². The van der Waals surface area contributed by atoms with Crippen LogP contribution >= 0.6 is 0 Å². The van der Waals surface area contributed by atoms with Crippen molar-refractivity contribution >= 4 is 17.3 Å². The van der Waals surface area contributed by atoms with Gasteiger partial charge in [0, 0.05) is 24.6 Å². The summed E-state index contributed by atoms with van der Waals surface area (Å²) in [7, 11) is 1.61. The maximum absolute atomic E-state index is 13.2. The van der Waals surface area contributed by atoms with Gasteiger partial charge in [0.15, 0.2) is 0 Å². The van der Waals surface area contributed by atoms with E-state index in [0.717, 1.165) is 11.5 Å². The number of methoxy groups -OCH3 is 1. The normalized spacial score (nSPS) is 10.2. The van der Waals surface area contributed by atoms with Crippen LogP contribution in [0.1, 0.15) is 10.4 Å². The van der Waals surface area contributed by atoms with E-state index in [1.165, 1.54) is 24.4 Å². The smallest absolute Gasteiger partial charge is 0.257 e. The average Bonchev–Trinajstić information content (AvgIpc) is 2.72. The Balaban J connectivity index is 1.50. The third-order valence-electron chi connectivity index (χ3n) is 3.84. The number of halogens is 1. The number of hydrogen-bond donors (Lipinski definition) is 2. The molecule has 0 fully saturated rings. The van der Waals surface area contributed by atoms with E-state index < -0.39 is 5.82 Å². The number of carbonyl (C=O) groups excluding carboxylic acids is 1. The van der Waals surface area contributed by atoms with Crippen molar-refractivity contribution in [1.82, 2.24) is 4.98 Å². The second-order valence-electron chi connectivity index (χ2n) is 5.88. The van der Waals surface area contributed by atoms with Crippen LogP contribution in [0.4, 0.5) is 15.8 Å². The highest BCUT2D eigenvalue weighted by Crippen LogP contribution is 2.17. The fraction of sp³-hybridized carbons (Fsp3) is 0.143. The van der Waals surface area contributed by atoms with Gasteiger partial charge < -0.3 is 20.1 Å². The zero-order chi connectivity index (χ0) is 19.8. The molecule has 3 rings (SSSR count). The van der Waals surface area contributed by atoms with Crippen molar-refractivity contribution in [3.63, 3.8) is 0 Å². The molecule has 0 unspecified atom stereocenters. The van der Waals surface area contributed by atoms with Crippen LogP contribution in [-0.4, -0.2) is 31.2 Å². The molecule has 0 aliphatic carbocycles. The van der Waals surface area contributed by atoms with E-state index >= 15 is 0 Å². The summed E-state index contributed by atoms with van der Waals surface area (Å²) in [6.07, 6.45) is 3.07. The maximum atomic E-state index is 13.2. The summed E-state index contributed by atoms with van der Waals surface area (Å²) in [6, 6.07) is 14.7. The topological polar surface area (TPSA) is 72.5 Å². The molecule has 0 aliphatic heterocycles. The Bertz CT molecular complexity index is 932. The minimum Gasteiger partial charge on any atom is -0.497 e. The second-order valence-corrected chi connectivity index (χ2v) is 5.88. The minimum atomic E-state index is -0.414. The van der Waals surface area contributed by atoms with Crippen molar-refractivity contribution < 1.29 is 18.7 Å². The minimum absolute atomic E-state index is 0.365. The third-order valence-corrected chi connectivity index (χ3v) is 3.84. The van der Waals surface area contributed by atoms with Gasteiger partial charge in [-0.1, -0.05) is 6.07 Å². The molecule has 0 atom stereocenters. The van der Waals surface area contributed by atoms with Crippen LogP contribution in [0.5, 0.6) is 11.5 Å². The van der Waals surface area contributed by atoms with E-state index in [1.54, 1.807) is 25.4 Å². The predicted molar refractivity (Wildman–Crippen MR) is 106 cm³/mol. The molecule has 144 valence electrons. The number of aromatic nitrogens is 1. The molecule has 0 radical (unpaired) electrons. The number of amides is 1. The van der Waals surface area contributed by atoms with E-state index in [1.807, 2.05) is 24.3 Å². The molecule has 1 amide bonds. The van der Waals surface area contributed by atoms with Crippen LogP contribution in [0.3, 0.4) is 0 Å². The molecule has 0 spiro atoms. The van der Waals surface area contributed by atoms with Gasteiger partial charge in [0.05, 0.1) is 18.4 Å². The first kappa shape index (κ1) is 19.2. The van der Waals surface area contributed by atoms with Crippen molar-refractivity contribution in [2.45, 2.75) is 0 Å². The number of nitrogens with zero attached hydrogens (tertiary/aromatic N) is 1. The highest BCUT2D eigenvalue weighted by atomic mass is 19.1. The summed E-state index contributed by atoms with van der Waals surface area (Å²) in [5.41, 5.74) is 1.44. The summed E-state index contributed by atoms with van der Waals surface area (Å²) >= 11 is 0. The lowest BCUT2D eigenvalue weighted by atomic mass is 10.2. The molecule has 1 aromatic heterocycles. The summed E-state index contributed by atoms with van der Waals surface area (Å²) in [5, 5.41) is 5.80. The second kappa shape index (κ2) is 9.36. The molecule has 6 nitrogen and oxygen atoms in total. The average molecular weight is 381 g/mol. The first-order valence-electron chi connectivity index (χ1n) is 8.67. The van der Waals surface area contributed by atoms with Crippen molar-refractivity contribution in [3.8, 4) is 11.5 Å². The predicted octanol–water partition coefficient (Wildman–Crippen LogP) is 3.97. The van der Waals surface area contributed by atoms with Crippen LogP contribution in [0.25, 0.3) is 0 Å². The summed E-state index contributed by atoms with van der Waals surface area (Å²) in [4.78, 5) is 16.4. The quantitative estimate of drug-likeness (QED) is 0.578. The number of pyridine rings is 1. The Morgan fingerprint density at radius 1 is 1.04 bits per heavy atom. The summed E-state index contributed by atoms with van der Waals surface area (Å²) in [5.74, 6) is 0.730. The van der Waals surface area contributed by atoms with Gasteiger partial charge in [0.25, 0.3) is 5.91 Å². The SMILES string of the molecule is COc1ccc(OCCNc2cncc(C(=O)Nc3cccc(F)c3)c2)cc1. The summed E-state index contributed by atoms with van der Waals surface area (Å²) in [6.45, 7) is 0.967. The van der Waals surface area contributed by atoms with Crippen LogP contribution in [0.15, 0.2) is 67.0 Å². The number of benzene rings is 2. The highest BCUT2D eigenvalue weighted by Gasteiger charge is 2.08. The standard InChI is InChI=1S/C21H20FN3O3/c1-27-19-5-7-20(8-6-19)28-10-9-24-18-11-15(13-23-14-18)21(26)25-17-4-2-3-16(22)12-17/h2-8,11-14,24H,9-10H2,1H3,(H,25,26). The van der Waals surface area contributed by atoms with Crippen molar-refractivity contribution in [1.29, 1.82) is 0 Å². The Morgan fingerprint density at radius 2 is 1.82 bits per heavy atom. The van der Waals surface area contributed by atoms with Gasteiger partial charge in [-0.2, -0.15) is 0 Å². The van der Waals surface area contributed by atoms with Crippen molar-refractivity contribution in [2.75, 3.05) is 30.9 Å². The van der Waals surface area contributed by atoms with Crippen molar-refractivity contribution in [3.05, 3.63) is 78.4 Å². The molecular weight excluding hydrogens is 361 g/mol. The monoisotopic (exact) mass is 381 g/mol. The van der Waals surface area contributed by atoms with Gasteiger partial charge in [0.1, 0.15) is 23.9 Å². The fourth-order valence-electron chi connectivity index (χ4n) is 2.47.